The van der Waals surface area contributed by atoms with Gasteiger partial charge in [0, 0.05) is 23.0 Å². The summed E-state index contributed by atoms with van der Waals surface area (Å²) in [6, 6.07) is 10.9. The van der Waals surface area contributed by atoms with Crippen LogP contribution in [0, 0.1) is 0 Å². The summed E-state index contributed by atoms with van der Waals surface area (Å²) >= 11 is 0. The normalized spacial score (nSPS) is 12.6. The van der Waals surface area contributed by atoms with E-state index in [0.717, 1.165) is 5.56 Å². The molecule has 0 aliphatic heterocycles. The Bertz CT molecular complexity index is 1200. The average molecular weight is 424 g/mol. The van der Waals surface area contributed by atoms with Gasteiger partial charge in [0.15, 0.2) is 0 Å². The molecule has 2 N–H and O–H groups in total. The molecule has 1 heterocycles. The lowest BCUT2D eigenvalue weighted by molar-refractivity contribution is -0.136. The molecule has 0 saturated carbocycles. The summed E-state index contributed by atoms with van der Waals surface area (Å²) in [4.78, 5) is 14.0. The highest BCUT2D eigenvalue weighted by Gasteiger charge is 2.33. The smallest absolute Gasteiger partial charge is 0.322 e. The molecule has 5 nitrogen and oxygen atoms in total. The number of pyridine rings is 1. The second-order valence-corrected chi connectivity index (χ2v) is 8.74. The third-order valence-corrected chi connectivity index (χ3v) is 5.92. The van der Waals surface area contributed by atoms with Crippen molar-refractivity contribution in [3.8, 4) is 0 Å². The van der Waals surface area contributed by atoms with Gasteiger partial charge >= 0.3 is 6.18 Å². The van der Waals surface area contributed by atoms with Crippen LogP contribution in [0.1, 0.15) is 30.5 Å². The van der Waals surface area contributed by atoms with Crippen LogP contribution in [0.4, 0.5) is 13.2 Å². The van der Waals surface area contributed by atoms with Crippen molar-refractivity contribution < 1.29 is 21.6 Å². The van der Waals surface area contributed by atoms with Crippen LogP contribution in [-0.4, -0.2) is 19.4 Å². The summed E-state index contributed by atoms with van der Waals surface area (Å²) in [7, 11) is -3.61. The predicted octanol–water partition coefficient (Wildman–Crippen LogP) is 3.82. The van der Waals surface area contributed by atoms with Crippen LogP contribution in [0.5, 0.6) is 0 Å². The lowest BCUT2D eigenvalue weighted by Crippen LogP contribution is -2.30. The molecule has 0 bridgehead atoms. The Morgan fingerprint density at radius 1 is 1.00 bits per heavy atom. The number of H-pyrrole nitrogens is 1. The lowest BCUT2D eigenvalue weighted by atomic mass is 10.0. The largest absolute Gasteiger partial charge is 0.417 e. The van der Waals surface area contributed by atoms with Crippen molar-refractivity contribution in [2.45, 2.75) is 37.4 Å². The SMILES string of the molecule is CC(C)NS(=O)(=O)c1ccc(Cc2ccc3[nH]c(=O)cc(C(F)(F)F)c3c2)cc1. The monoisotopic (exact) mass is 424 g/mol. The zero-order chi connectivity index (χ0) is 21.4. The zero-order valence-electron chi connectivity index (χ0n) is 15.7. The van der Waals surface area contributed by atoms with Crippen LogP contribution >= 0.6 is 0 Å². The van der Waals surface area contributed by atoms with Gasteiger partial charge in [0.25, 0.3) is 0 Å². The molecule has 3 aromatic rings. The number of nitrogens with one attached hydrogen (secondary N) is 2. The molecule has 29 heavy (non-hydrogen) atoms. The summed E-state index contributed by atoms with van der Waals surface area (Å²) in [5.41, 5.74) is -0.352. The first-order valence-electron chi connectivity index (χ1n) is 8.80. The highest BCUT2D eigenvalue weighted by Crippen LogP contribution is 2.33. The van der Waals surface area contributed by atoms with E-state index in [1.807, 2.05) is 0 Å². The minimum absolute atomic E-state index is 0.0880. The molecule has 0 aliphatic carbocycles. The number of benzene rings is 2. The van der Waals surface area contributed by atoms with Gasteiger partial charge in [-0.15, -0.1) is 0 Å². The number of rotatable bonds is 5. The Morgan fingerprint density at radius 3 is 2.21 bits per heavy atom. The van der Waals surface area contributed by atoms with Crippen molar-refractivity contribution in [1.82, 2.24) is 9.71 Å². The number of halogens is 3. The average Bonchev–Trinajstić information content (AvgIpc) is 2.60. The molecule has 0 spiro atoms. The fraction of sp³-hybridized carbons (Fsp3) is 0.250. The summed E-state index contributed by atoms with van der Waals surface area (Å²) in [5.74, 6) is 0. The fourth-order valence-electron chi connectivity index (χ4n) is 3.05. The number of aromatic nitrogens is 1. The molecule has 9 heteroatoms. The summed E-state index contributed by atoms with van der Waals surface area (Å²) in [6.45, 7) is 3.43. The van der Waals surface area contributed by atoms with E-state index in [4.69, 9.17) is 0 Å². The highest BCUT2D eigenvalue weighted by atomic mass is 32.2. The van der Waals surface area contributed by atoms with Gasteiger partial charge < -0.3 is 4.98 Å². The summed E-state index contributed by atoms with van der Waals surface area (Å²) in [6.07, 6.45) is -4.34. The van der Waals surface area contributed by atoms with Crippen LogP contribution in [0.15, 0.2) is 58.2 Å². The quantitative estimate of drug-likeness (QED) is 0.654. The maximum Gasteiger partial charge on any atom is 0.417 e. The third kappa shape index (κ3) is 4.86. The number of fused-ring (bicyclic) bond motifs is 1. The van der Waals surface area contributed by atoms with Crippen molar-refractivity contribution in [2.75, 3.05) is 0 Å². The Morgan fingerprint density at radius 2 is 1.62 bits per heavy atom. The van der Waals surface area contributed by atoms with Crippen molar-refractivity contribution in [3.63, 3.8) is 0 Å². The van der Waals surface area contributed by atoms with Gasteiger partial charge in [-0.05, 0) is 55.7 Å². The Balaban J connectivity index is 1.93. The van der Waals surface area contributed by atoms with Crippen LogP contribution in [0.25, 0.3) is 10.9 Å². The topological polar surface area (TPSA) is 79.0 Å². The maximum atomic E-state index is 13.3. The zero-order valence-corrected chi connectivity index (χ0v) is 16.5. The second-order valence-electron chi connectivity index (χ2n) is 7.02. The van der Waals surface area contributed by atoms with Crippen LogP contribution in [0.2, 0.25) is 0 Å². The van der Waals surface area contributed by atoms with E-state index >= 15 is 0 Å². The van der Waals surface area contributed by atoms with Crippen molar-refractivity contribution in [3.05, 3.63) is 75.6 Å². The number of hydrogen-bond acceptors (Lipinski definition) is 3. The first kappa shape index (κ1) is 21.1. The molecule has 154 valence electrons. The molecule has 1 aromatic heterocycles. The first-order valence-corrected chi connectivity index (χ1v) is 10.3. The van der Waals surface area contributed by atoms with Crippen molar-refractivity contribution in [2.24, 2.45) is 0 Å². The van der Waals surface area contributed by atoms with Gasteiger partial charge in [0.1, 0.15) is 0 Å². The fourth-order valence-corrected chi connectivity index (χ4v) is 4.30. The summed E-state index contributed by atoms with van der Waals surface area (Å²) in [5, 5.41) is -0.0880. The minimum atomic E-state index is -4.65. The van der Waals surface area contributed by atoms with Gasteiger partial charge in [-0.1, -0.05) is 18.2 Å². The predicted molar refractivity (Wildman–Crippen MR) is 104 cm³/mol. The van der Waals surface area contributed by atoms with Gasteiger partial charge in [-0.25, -0.2) is 13.1 Å². The Hall–Kier alpha value is -2.65. The molecule has 0 radical (unpaired) electrons. The Kier molecular flexibility index (Phi) is 5.55. The molecular weight excluding hydrogens is 405 g/mol. The van der Waals surface area contributed by atoms with E-state index < -0.39 is 27.3 Å². The van der Waals surface area contributed by atoms with Crippen molar-refractivity contribution >= 4 is 20.9 Å². The number of sulfonamides is 1. The third-order valence-electron chi connectivity index (χ3n) is 4.25. The molecular formula is C20H19F3N2O3S. The Labute approximate surface area is 165 Å². The highest BCUT2D eigenvalue weighted by molar-refractivity contribution is 7.89. The molecule has 0 aliphatic rings. The maximum absolute atomic E-state index is 13.3. The van der Waals surface area contributed by atoms with Gasteiger partial charge in [0.05, 0.1) is 10.5 Å². The first-order chi connectivity index (χ1) is 13.5. The van der Waals surface area contributed by atoms with Gasteiger partial charge in [0.2, 0.25) is 15.6 Å². The number of hydrogen-bond donors (Lipinski definition) is 2. The molecule has 2 aromatic carbocycles. The molecule has 0 fully saturated rings. The lowest BCUT2D eigenvalue weighted by Gasteiger charge is -2.12. The second kappa shape index (κ2) is 7.64. The standard InChI is InChI=1S/C20H19F3N2O3S/c1-12(2)25-29(27,28)15-6-3-13(4-7-15)9-14-5-8-18-16(10-14)17(20(21,22)23)11-19(26)24-18/h3-8,10-12,25H,9H2,1-2H3,(H,24,26). The van der Waals surface area contributed by atoms with E-state index in [2.05, 4.69) is 9.71 Å². The van der Waals surface area contributed by atoms with Gasteiger partial charge in [-0.2, -0.15) is 13.2 Å². The van der Waals surface area contributed by atoms with E-state index in [-0.39, 0.29) is 21.8 Å². The van der Waals surface area contributed by atoms with E-state index in [9.17, 15) is 26.4 Å². The van der Waals surface area contributed by atoms with Gasteiger partial charge in [-0.3, -0.25) is 4.79 Å². The van der Waals surface area contributed by atoms with Crippen molar-refractivity contribution in [1.29, 1.82) is 0 Å². The van der Waals surface area contributed by atoms with E-state index in [1.54, 1.807) is 32.0 Å². The molecule has 3 rings (SSSR count). The molecule has 0 saturated heterocycles. The van der Waals surface area contributed by atoms with Crippen LogP contribution in [0.3, 0.4) is 0 Å². The minimum Gasteiger partial charge on any atom is -0.322 e. The van der Waals surface area contributed by atoms with Crippen LogP contribution in [-0.2, 0) is 22.6 Å². The summed E-state index contributed by atoms with van der Waals surface area (Å²) < 4.78 is 66.7. The van der Waals surface area contributed by atoms with E-state index in [0.29, 0.717) is 18.1 Å². The number of aromatic amines is 1. The number of alkyl halides is 3. The molecule has 0 amide bonds. The molecule has 0 unspecified atom stereocenters. The van der Waals surface area contributed by atoms with Crippen LogP contribution < -0.4 is 10.3 Å². The van der Waals surface area contributed by atoms with E-state index in [1.165, 1.54) is 24.3 Å². The molecule has 0 atom stereocenters.